The van der Waals surface area contributed by atoms with E-state index in [2.05, 4.69) is 24.1 Å². The average Bonchev–Trinajstić information content (AvgIpc) is 2.92. The number of hydrogen-bond acceptors (Lipinski definition) is 5. The molecule has 6 nitrogen and oxygen atoms in total. The molecule has 1 aromatic carbocycles. The summed E-state index contributed by atoms with van der Waals surface area (Å²) in [6.07, 6.45) is -0.964. The van der Waals surface area contributed by atoms with Gasteiger partial charge in [0.15, 0.2) is 0 Å². The van der Waals surface area contributed by atoms with Crippen LogP contribution in [0.5, 0.6) is 5.75 Å². The summed E-state index contributed by atoms with van der Waals surface area (Å²) >= 11 is 0. The summed E-state index contributed by atoms with van der Waals surface area (Å²) in [5.41, 5.74) is 0.533. The molecule has 1 aliphatic rings. The number of aliphatic hydroxyl groups is 1. The van der Waals surface area contributed by atoms with Crippen LogP contribution in [0.25, 0.3) is 0 Å². The Morgan fingerprint density at radius 2 is 2.00 bits per heavy atom. The van der Waals surface area contributed by atoms with Crippen molar-refractivity contribution in [3.8, 4) is 5.75 Å². The van der Waals surface area contributed by atoms with Gasteiger partial charge in [-0.05, 0) is 37.4 Å². The number of carbonyl (C=O) groups is 1. The molecule has 1 heterocycles. The quantitative estimate of drug-likeness (QED) is 0.780. The first kappa shape index (κ1) is 17.7. The molecule has 2 N–H and O–H groups in total. The van der Waals surface area contributed by atoms with E-state index < -0.39 is 6.10 Å². The Morgan fingerprint density at radius 1 is 1.35 bits per heavy atom. The van der Waals surface area contributed by atoms with E-state index in [9.17, 15) is 9.90 Å². The zero-order valence-corrected chi connectivity index (χ0v) is 14.0. The maximum Gasteiger partial charge on any atom is 0.251 e. The standard InChI is InChI=1S/C17H26N2O4/c1-4-19(5-2)10-15-16(20)14(11-23-15)18-17(21)12-6-8-13(22-3)9-7-12/h6-9,14-16,20H,4-5,10-11H2,1-3H3,(H,18,21)/t14-,15-,16+/m0/s1. The maximum atomic E-state index is 12.3. The van der Waals surface area contributed by atoms with E-state index >= 15 is 0 Å². The average molecular weight is 322 g/mol. The normalized spacial score (nSPS) is 24.0. The molecular formula is C17H26N2O4. The number of likely N-dealkylation sites (N-methyl/N-ethyl adjacent to an activating group) is 1. The van der Waals surface area contributed by atoms with E-state index in [1.807, 2.05) is 0 Å². The first-order valence-electron chi connectivity index (χ1n) is 8.06. The fourth-order valence-electron chi connectivity index (χ4n) is 2.70. The Bertz CT molecular complexity index is 502. The second kappa shape index (κ2) is 8.29. The molecule has 0 bridgehead atoms. The van der Waals surface area contributed by atoms with Gasteiger partial charge in [-0.15, -0.1) is 0 Å². The molecule has 1 amide bonds. The number of benzene rings is 1. The summed E-state index contributed by atoms with van der Waals surface area (Å²) in [5.74, 6) is 0.480. The van der Waals surface area contributed by atoms with E-state index in [0.29, 0.717) is 24.5 Å². The predicted molar refractivity (Wildman–Crippen MR) is 87.8 cm³/mol. The number of ether oxygens (including phenoxy) is 2. The lowest BCUT2D eigenvalue weighted by Gasteiger charge is -2.24. The highest BCUT2D eigenvalue weighted by Gasteiger charge is 2.37. The van der Waals surface area contributed by atoms with Gasteiger partial charge >= 0.3 is 0 Å². The number of hydrogen-bond donors (Lipinski definition) is 2. The molecular weight excluding hydrogens is 296 g/mol. The number of amides is 1. The molecule has 1 aromatic rings. The van der Waals surface area contributed by atoms with Crippen LogP contribution in [0.3, 0.4) is 0 Å². The maximum absolute atomic E-state index is 12.3. The minimum Gasteiger partial charge on any atom is -0.497 e. The predicted octanol–water partition coefficient (Wildman–Crippen LogP) is 0.895. The van der Waals surface area contributed by atoms with Gasteiger partial charge in [0, 0.05) is 12.1 Å². The highest BCUT2D eigenvalue weighted by molar-refractivity contribution is 5.94. The van der Waals surface area contributed by atoms with Crippen molar-refractivity contribution in [1.29, 1.82) is 0 Å². The molecule has 1 saturated heterocycles. The zero-order valence-electron chi connectivity index (χ0n) is 14.0. The van der Waals surface area contributed by atoms with Crippen LogP contribution >= 0.6 is 0 Å². The molecule has 0 saturated carbocycles. The first-order chi connectivity index (χ1) is 11.1. The van der Waals surface area contributed by atoms with Gasteiger partial charge in [-0.25, -0.2) is 0 Å². The van der Waals surface area contributed by atoms with Gasteiger partial charge in [0.1, 0.15) is 11.9 Å². The summed E-state index contributed by atoms with van der Waals surface area (Å²) in [6, 6.07) is 6.48. The van der Waals surface area contributed by atoms with E-state index in [-0.39, 0.29) is 18.1 Å². The van der Waals surface area contributed by atoms with Gasteiger partial charge in [-0.2, -0.15) is 0 Å². The lowest BCUT2D eigenvalue weighted by Crippen LogP contribution is -2.46. The van der Waals surface area contributed by atoms with Crippen molar-refractivity contribution in [3.63, 3.8) is 0 Å². The molecule has 0 aromatic heterocycles. The summed E-state index contributed by atoms with van der Waals surface area (Å²) in [5, 5.41) is 13.2. The largest absolute Gasteiger partial charge is 0.497 e. The Labute approximate surface area is 137 Å². The van der Waals surface area contributed by atoms with E-state index in [1.54, 1.807) is 31.4 Å². The molecule has 0 radical (unpaired) electrons. The zero-order chi connectivity index (χ0) is 16.8. The number of nitrogens with one attached hydrogen (secondary N) is 1. The molecule has 2 rings (SSSR count). The summed E-state index contributed by atoms with van der Waals surface area (Å²) in [7, 11) is 1.58. The van der Waals surface area contributed by atoms with E-state index in [4.69, 9.17) is 9.47 Å². The second-order valence-electron chi connectivity index (χ2n) is 5.66. The molecule has 3 atom stereocenters. The minimum atomic E-state index is -0.696. The van der Waals surface area contributed by atoms with Crippen LogP contribution < -0.4 is 10.1 Å². The van der Waals surface area contributed by atoms with Crippen molar-refractivity contribution >= 4 is 5.91 Å². The Balaban J connectivity index is 1.91. The van der Waals surface area contributed by atoms with Crippen molar-refractivity contribution in [2.24, 2.45) is 0 Å². The molecule has 0 aliphatic carbocycles. The van der Waals surface area contributed by atoms with E-state index in [1.165, 1.54) is 0 Å². The number of aliphatic hydroxyl groups excluding tert-OH is 1. The number of methoxy groups -OCH3 is 1. The Kier molecular flexibility index (Phi) is 6.38. The van der Waals surface area contributed by atoms with Crippen molar-refractivity contribution in [1.82, 2.24) is 10.2 Å². The SMILES string of the molecule is CCN(CC)C[C@@H]1OC[C@H](NC(=O)c2ccc(OC)cc2)[C@H]1O. The molecule has 0 spiro atoms. The van der Waals surface area contributed by atoms with Crippen LogP contribution in [0.15, 0.2) is 24.3 Å². The van der Waals surface area contributed by atoms with Crippen LogP contribution in [-0.4, -0.2) is 67.5 Å². The first-order valence-corrected chi connectivity index (χ1v) is 8.06. The van der Waals surface area contributed by atoms with Crippen LogP contribution in [0.1, 0.15) is 24.2 Å². The van der Waals surface area contributed by atoms with Crippen molar-refractivity contribution in [3.05, 3.63) is 29.8 Å². The van der Waals surface area contributed by atoms with Gasteiger partial charge in [0.25, 0.3) is 5.91 Å². The number of rotatable bonds is 7. The third-order valence-electron chi connectivity index (χ3n) is 4.28. The fourth-order valence-corrected chi connectivity index (χ4v) is 2.70. The Hall–Kier alpha value is -1.63. The second-order valence-corrected chi connectivity index (χ2v) is 5.66. The van der Waals surface area contributed by atoms with Gasteiger partial charge < -0.3 is 24.8 Å². The lowest BCUT2D eigenvalue weighted by molar-refractivity contribution is 0.0171. The smallest absolute Gasteiger partial charge is 0.251 e. The lowest BCUT2D eigenvalue weighted by atomic mass is 10.1. The summed E-state index contributed by atoms with van der Waals surface area (Å²) < 4.78 is 10.7. The molecule has 23 heavy (non-hydrogen) atoms. The fraction of sp³-hybridized carbons (Fsp3) is 0.588. The highest BCUT2D eigenvalue weighted by Crippen LogP contribution is 2.17. The van der Waals surface area contributed by atoms with Gasteiger partial charge in [-0.1, -0.05) is 13.8 Å². The van der Waals surface area contributed by atoms with Gasteiger partial charge in [0.05, 0.1) is 25.9 Å². The minimum absolute atomic E-state index is 0.219. The van der Waals surface area contributed by atoms with Crippen LogP contribution in [0.4, 0.5) is 0 Å². The van der Waals surface area contributed by atoms with Crippen LogP contribution in [0, 0.1) is 0 Å². The topological polar surface area (TPSA) is 71.0 Å². The van der Waals surface area contributed by atoms with Crippen molar-refractivity contribution < 1.29 is 19.4 Å². The molecule has 6 heteroatoms. The monoisotopic (exact) mass is 322 g/mol. The molecule has 1 aliphatic heterocycles. The van der Waals surface area contributed by atoms with Gasteiger partial charge in [-0.3, -0.25) is 4.79 Å². The third kappa shape index (κ3) is 4.43. The van der Waals surface area contributed by atoms with Crippen molar-refractivity contribution in [2.45, 2.75) is 32.1 Å². The molecule has 1 fully saturated rings. The Morgan fingerprint density at radius 3 is 2.57 bits per heavy atom. The number of carbonyl (C=O) groups excluding carboxylic acids is 1. The van der Waals surface area contributed by atoms with Gasteiger partial charge in [0.2, 0.25) is 0 Å². The summed E-state index contributed by atoms with van der Waals surface area (Å²) in [6.45, 7) is 6.97. The third-order valence-corrected chi connectivity index (χ3v) is 4.28. The molecule has 128 valence electrons. The van der Waals surface area contributed by atoms with Crippen LogP contribution in [-0.2, 0) is 4.74 Å². The number of nitrogens with zero attached hydrogens (tertiary/aromatic N) is 1. The summed E-state index contributed by atoms with van der Waals surface area (Å²) in [4.78, 5) is 14.5. The molecule has 0 unspecified atom stereocenters. The van der Waals surface area contributed by atoms with E-state index in [0.717, 1.165) is 13.1 Å². The van der Waals surface area contributed by atoms with Crippen LogP contribution in [0.2, 0.25) is 0 Å². The van der Waals surface area contributed by atoms with Crippen molar-refractivity contribution in [2.75, 3.05) is 33.4 Å². The highest BCUT2D eigenvalue weighted by atomic mass is 16.5.